The van der Waals surface area contributed by atoms with E-state index >= 15 is 0 Å². The summed E-state index contributed by atoms with van der Waals surface area (Å²) >= 11 is 0. The number of allylic oxidation sites excluding steroid dienone is 1. The van der Waals surface area contributed by atoms with E-state index in [9.17, 15) is 0 Å². The van der Waals surface area contributed by atoms with Crippen LogP contribution in [0.25, 0.3) is 6.08 Å². The van der Waals surface area contributed by atoms with Crippen LogP contribution in [0.2, 0.25) is 0 Å². The Morgan fingerprint density at radius 1 is 1.00 bits per heavy atom. The van der Waals surface area contributed by atoms with E-state index in [4.69, 9.17) is 9.47 Å². The van der Waals surface area contributed by atoms with Gasteiger partial charge in [-0.15, -0.1) is 0 Å². The molecule has 0 atom stereocenters. The number of benzene rings is 2. The second-order valence-electron chi connectivity index (χ2n) is 6.53. The summed E-state index contributed by atoms with van der Waals surface area (Å²) in [5.41, 5.74) is 5.05. The minimum atomic E-state index is -0.00180. The highest BCUT2D eigenvalue weighted by atomic mass is 16.7. The molecule has 0 bridgehead atoms. The van der Waals surface area contributed by atoms with Crippen LogP contribution in [0.5, 0.6) is 11.5 Å². The Morgan fingerprint density at radius 3 is 2.61 bits per heavy atom. The van der Waals surface area contributed by atoms with Gasteiger partial charge in [-0.05, 0) is 37.6 Å². The number of hydrogen-bond donors (Lipinski definition) is 0. The van der Waals surface area contributed by atoms with Gasteiger partial charge in [-0.1, -0.05) is 24.3 Å². The molecule has 3 heteroatoms. The van der Waals surface area contributed by atoms with Gasteiger partial charge in [0.15, 0.2) is 17.2 Å². The summed E-state index contributed by atoms with van der Waals surface area (Å²) in [4.78, 5) is 0. The van der Waals surface area contributed by atoms with Gasteiger partial charge in [0.25, 0.3) is 0 Å². The van der Waals surface area contributed by atoms with E-state index in [-0.39, 0.29) is 5.41 Å². The normalized spacial score (nSPS) is 17.9. The lowest BCUT2D eigenvalue weighted by Gasteiger charge is -2.15. The molecule has 2 aromatic rings. The van der Waals surface area contributed by atoms with Crippen molar-refractivity contribution in [3.8, 4) is 11.5 Å². The average molecular weight is 306 g/mol. The van der Waals surface area contributed by atoms with Crippen molar-refractivity contribution in [1.29, 1.82) is 0 Å². The Bertz CT molecular complexity index is 846. The topological polar surface area (TPSA) is 21.5 Å². The van der Waals surface area contributed by atoms with Gasteiger partial charge in [0, 0.05) is 17.7 Å². The summed E-state index contributed by atoms with van der Waals surface area (Å²) < 4.78 is 13.1. The Balaban J connectivity index is 1.70. The summed E-state index contributed by atoms with van der Waals surface area (Å²) in [6, 6.07) is 14.6. The molecule has 0 N–H and O–H groups in total. The average Bonchev–Trinajstić information content (AvgIpc) is 3.08. The van der Waals surface area contributed by atoms with Crippen molar-refractivity contribution in [2.45, 2.75) is 19.3 Å². The van der Waals surface area contributed by atoms with E-state index in [1.54, 1.807) is 0 Å². The van der Waals surface area contributed by atoms with E-state index in [1.165, 1.54) is 17.0 Å². The second kappa shape index (κ2) is 4.98. The molecular formula is C20H20NO2+. The van der Waals surface area contributed by atoms with Crippen LogP contribution in [-0.2, 0) is 5.41 Å². The molecule has 4 rings (SSSR count). The maximum absolute atomic E-state index is 5.45. The smallest absolute Gasteiger partial charge is 0.231 e. The highest BCUT2D eigenvalue weighted by Gasteiger charge is 2.42. The van der Waals surface area contributed by atoms with Crippen molar-refractivity contribution >= 4 is 17.5 Å². The third-order valence-corrected chi connectivity index (χ3v) is 4.77. The second-order valence-corrected chi connectivity index (χ2v) is 6.53. The van der Waals surface area contributed by atoms with Crippen LogP contribution in [0.3, 0.4) is 0 Å². The summed E-state index contributed by atoms with van der Waals surface area (Å²) in [6.07, 6.45) is 4.35. The van der Waals surface area contributed by atoms with Crippen LogP contribution in [0.1, 0.15) is 25.0 Å². The summed E-state index contributed by atoms with van der Waals surface area (Å²) in [5.74, 6) is 1.64. The Labute approximate surface area is 136 Å². The molecule has 116 valence electrons. The minimum Gasteiger partial charge on any atom is -0.454 e. The predicted molar refractivity (Wildman–Crippen MR) is 91.9 cm³/mol. The number of rotatable bonds is 2. The van der Waals surface area contributed by atoms with Crippen molar-refractivity contribution in [2.24, 2.45) is 0 Å². The number of nitrogens with zero attached hydrogens (tertiary/aromatic N) is 1. The SMILES string of the molecule is C[N+]1=C(/C=C/c2ccc3c(c2)OCO3)C(C)(C)c2ccccc21. The van der Waals surface area contributed by atoms with Gasteiger partial charge < -0.3 is 9.47 Å². The first-order valence-corrected chi connectivity index (χ1v) is 7.86. The van der Waals surface area contributed by atoms with Crippen LogP contribution in [0.4, 0.5) is 5.69 Å². The number of para-hydroxylation sites is 1. The summed E-state index contributed by atoms with van der Waals surface area (Å²) in [5, 5.41) is 0. The Morgan fingerprint density at radius 2 is 1.78 bits per heavy atom. The van der Waals surface area contributed by atoms with Gasteiger partial charge in [-0.2, -0.15) is 4.58 Å². The molecule has 23 heavy (non-hydrogen) atoms. The quantitative estimate of drug-likeness (QED) is 0.778. The molecule has 2 aromatic carbocycles. The monoisotopic (exact) mass is 306 g/mol. The van der Waals surface area contributed by atoms with Crippen LogP contribution in [0.15, 0.2) is 48.5 Å². The fourth-order valence-corrected chi connectivity index (χ4v) is 3.49. The minimum absolute atomic E-state index is 0.00180. The fourth-order valence-electron chi connectivity index (χ4n) is 3.49. The predicted octanol–water partition coefficient (Wildman–Crippen LogP) is 4.13. The van der Waals surface area contributed by atoms with Crippen LogP contribution < -0.4 is 9.47 Å². The van der Waals surface area contributed by atoms with Crippen molar-refractivity contribution < 1.29 is 14.0 Å². The van der Waals surface area contributed by atoms with Gasteiger partial charge in [0.05, 0.1) is 5.41 Å². The molecule has 0 aromatic heterocycles. The first-order chi connectivity index (χ1) is 11.1. The van der Waals surface area contributed by atoms with E-state index < -0.39 is 0 Å². The highest BCUT2D eigenvalue weighted by molar-refractivity contribution is 6.05. The zero-order valence-corrected chi connectivity index (χ0v) is 13.7. The van der Waals surface area contributed by atoms with Crippen molar-refractivity contribution in [1.82, 2.24) is 0 Å². The highest BCUT2D eigenvalue weighted by Crippen LogP contribution is 2.39. The third-order valence-electron chi connectivity index (χ3n) is 4.77. The zero-order chi connectivity index (χ0) is 16.0. The molecule has 0 radical (unpaired) electrons. The lowest BCUT2D eigenvalue weighted by Crippen LogP contribution is -2.26. The van der Waals surface area contributed by atoms with E-state index in [0.717, 1.165) is 17.1 Å². The zero-order valence-electron chi connectivity index (χ0n) is 13.7. The largest absolute Gasteiger partial charge is 0.454 e. The summed E-state index contributed by atoms with van der Waals surface area (Å²) in [7, 11) is 2.13. The first-order valence-electron chi connectivity index (χ1n) is 7.86. The van der Waals surface area contributed by atoms with Gasteiger partial charge in [-0.3, -0.25) is 0 Å². The van der Waals surface area contributed by atoms with E-state index in [1.807, 2.05) is 12.1 Å². The van der Waals surface area contributed by atoms with Gasteiger partial charge >= 0.3 is 0 Å². The lowest BCUT2D eigenvalue weighted by molar-refractivity contribution is -0.401. The maximum atomic E-state index is 5.45. The van der Waals surface area contributed by atoms with Crippen molar-refractivity contribution in [2.75, 3.05) is 13.8 Å². The van der Waals surface area contributed by atoms with Gasteiger partial charge in [-0.25, -0.2) is 0 Å². The van der Waals surface area contributed by atoms with Crippen LogP contribution in [0, 0.1) is 0 Å². The molecule has 3 nitrogen and oxygen atoms in total. The standard InChI is InChI=1S/C20H20NO2/c1-20(2)15-6-4-5-7-16(15)21(3)19(20)11-9-14-8-10-17-18(12-14)23-13-22-17/h4-12H,13H2,1-3H3/q+1/b11-9+. The fraction of sp³-hybridized carbons (Fsp3) is 0.250. The number of hydrogen-bond acceptors (Lipinski definition) is 2. The first kappa shape index (κ1) is 14.1. The van der Waals surface area contributed by atoms with Crippen molar-refractivity contribution in [3.63, 3.8) is 0 Å². The molecule has 2 aliphatic rings. The van der Waals surface area contributed by atoms with Crippen LogP contribution >= 0.6 is 0 Å². The molecule has 0 fully saturated rings. The third kappa shape index (κ3) is 2.15. The van der Waals surface area contributed by atoms with E-state index in [2.05, 4.69) is 68.0 Å². The Hall–Kier alpha value is -2.55. The molecule has 0 unspecified atom stereocenters. The summed E-state index contributed by atoms with van der Waals surface area (Å²) in [6.45, 7) is 4.86. The molecule has 2 heterocycles. The lowest BCUT2D eigenvalue weighted by atomic mass is 9.81. The van der Waals surface area contributed by atoms with Gasteiger partial charge in [0.1, 0.15) is 7.05 Å². The Kier molecular flexibility index (Phi) is 3.05. The molecule has 2 aliphatic heterocycles. The van der Waals surface area contributed by atoms with Crippen LogP contribution in [-0.4, -0.2) is 24.1 Å². The maximum Gasteiger partial charge on any atom is 0.231 e. The number of fused-ring (bicyclic) bond motifs is 2. The number of ether oxygens (including phenoxy) is 2. The molecule has 0 saturated heterocycles. The molecule has 0 aliphatic carbocycles. The molecule has 0 amide bonds. The molecular weight excluding hydrogens is 286 g/mol. The van der Waals surface area contributed by atoms with Gasteiger partial charge in [0.2, 0.25) is 12.5 Å². The molecule has 0 spiro atoms. The van der Waals surface area contributed by atoms with E-state index in [0.29, 0.717) is 6.79 Å². The van der Waals surface area contributed by atoms with Crippen molar-refractivity contribution in [3.05, 3.63) is 59.7 Å². The molecule has 0 saturated carbocycles.